The summed E-state index contributed by atoms with van der Waals surface area (Å²) in [5.41, 5.74) is 0.426. The molecule has 1 aromatic rings. The van der Waals surface area contributed by atoms with Crippen LogP contribution in [0.5, 0.6) is 0 Å². The number of aliphatic imine (C=N–C) groups is 1. The molecular formula is C14H15N3O. The van der Waals surface area contributed by atoms with Gasteiger partial charge in [-0.3, -0.25) is 4.90 Å². The molecule has 0 aliphatic carbocycles. The number of piperidine rings is 1. The van der Waals surface area contributed by atoms with E-state index in [1.807, 2.05) is 18.2 Å². The first kappa shape index (κ1) is 12.5. The molecule has 18 heavy (non-hydrogen) atoms. The molecule has 0 radical (unpaired) electrons. The van der Waals surface area contributed by atoms with Crippen molar-refractivity contribution in [3.8, 4) is 6.07 Å². The highest BCUT2D eigenvalue weighted by Crippen LogP contribution is 2.26. The van der Waals surface area contributed by atoms with Crippen molar-refractivity contribution in [3.63, 3.8) is 0 Å². The number of rotatable bonds is 3. The van der Waals surface area contributed by atoms with Crippen LogP contribution in [-0.4, -0.2) is 29.6 Å². The van der Waals surface area contributed by atoms with Crippen molar-refractivity contribution in [1.29, 1.82) is 5.26 Å². The van der Waals surface area contributed by atoms with Crippen LogP contribution in [0.15, 0.2) is 35.3 Å². The van der Waals surface area contributed by atoms with Gasteiger partial charge in [0.2, 0.25) is 6.08 Å². The van der Waals surface area contributed by atoms with Crippen LogP contribution in [0, 0.1) is 11.3 Å². The standard InChI is InChI=1S/C14H15N3O/c15-11-14(16-12-18)6-8-17(9-7-14)10-13-4-2-1-3-5-13/h1-5H,6-10H2. The van der Waals surface area contributed by atoms with Gasteiger partial charge in [-0.15, -0.1) is 0 Å². The minimum absolute atomic E-state index is 0.603. The van der Waals surface area contributed by atoms with Gasteiger partial charge in [-0.1, -0.05) is 30.3 Å². The number of carbonyl (C=O) groups excluding carboxylic acids is 1. The molecule has 0 saturated carbocycles. The summed E-state index contributed by atoms with van der Waals surface area (Å²) in [6.45, 7) is 2.45. The summed E-state index contributed by atoms with van der Waals surface area (Å²) in [6.07, 6.45) is 2.73. The second-order valence-corrected chi connectivity index (χ2v) is 4.61. The van der Waals surface area contributed by atoms with E-state index in [1.54, 1.807) is 0 Å². The van der Waals surface area contributed by atoms with Gasteiger partial charge in [0, 0.05) is 19.6 Å². The second-order valence-electron chi connectivity index (χ2n) is 4.61. The van der Waals surface area contributed by atoms with Crippen molar-refractivity contribution in [3.05, 3.63) is 35.9 Å². The molecule has 1 fully saturated rings. The summed E-state index contributed by atoms with van der Waals surface area (Å²) in [6, 6.07) is 12.4. The van der Waals surface area contributed by atoms with Gasteiger partial charge >= 0.3 is 0 Å². The van der Waals surface area contributed by atoms with Crippen molar-refractivity contribution >= 4 is 6.08 Å². The van der Waals surface area contributed by atoms with Crippen LogP contribution in [0.1, 0.15) is 18.4 Å². The largest absolute Gasteiger partial charge is 0.299 e. The number of isocyanates is 1. The lowest BCUT2D eigenvalue weighted by Crippen LogP contribution is -2.42. The normalized spacial score (nSPS) is 18.6. The fraction of sp³-hybridized carbons (Fsp3) is 0.429. The molecule has 1 aliphatic heterocycles. The zero-order valence-electron chi connectivity index (χ0n) is 10.2. The number of likely N-dealkylation sites (tertiary alicyclic amines) is 1. The minimum atomic E-state index is -0.838. The SMILES string of the molecule is N#CC1(N=C=O)CCN(Cc2ccccc2)CC1. The average Bonchev–Trinajstić information content (AvgIpc) is 2.43. The molecular weight excluding hydrogens is 226 g/mol. The van der Waals surface area contributed by atoms with Crippen molar-refractivity contribution in [2.24, 2.45) is 4.99 Å². The summed E-state index contributed by atoms with van der Waals surface area (Å²) in [4.78, 5) is 16.3. The number of benzene rings is 1. The highest BCUT2D eigenvalue weighted by Gasteiger charge is 2.34. The quantitative estimate of drug-likeness (QED) is 0.599. The van der Waals surface area contributed by atoms with Gasteiger partial charge in [-0.25, -0.2) is 4.79 Å². The van der Waals surface area contributed by atoms with Crippen molar-refractivity contribution in [2.75, 3.05) is 13.1 Å². The Labute approximate surface area is 107 Å². The Kier molecular flexibility index (Phi) is 3.88. The summed E-state index contributed by atoms with van der Waals surface area (Å²) < 4.78 is 0. The molecule has 0 N–H and O–H groups in total. The zero-order valence-corrected chi connectivity index (χ0v) is 10.2. The molecule has 1 aliphatic rings. The second kappa shape index (κ2) is 5.59. The summed E-state index contributed by atoms with van der Waals surface area (Å²) in [5.74, 6) is 0. The molecule has 0 bridgehead atoms. The van der Waals surface area contributed by atoms with E-state index in [0.717, 1.165) is 19.6 Å². The van der Waals surface area contributed by atoms with E-state index >= 15 is 0 Å². The fourth-order valence-corrected chi connectivity index (χ4v) is 2.26. The van der Waals surface area contributed by atoms with E-state index in [0.29, 0.717) is 12.8 Å². The van der Waals surface area contributed by atoms with E-state index in [9.17, 15) is 4.79 Å². The third-order valence-electron chi connectivity index (χ3n) is 3.40. The van der Waals surface area contributed by atoms with Crippen molar-refractivity contribution in [1.82, 2.24) is 4.90 Å². The highest BCUT2D eigenvalue weighted by atomic mass is 16.1. The fourth-order valence-electron chi connectivity index (χ4n) is 2.26. The Hall–Kier alpha value is -1.95. The Bertz CT molecular complexity index is 478. The van der Waals surface area contributed by atoms with E-state index in [2.05, 4.69) is 28.1 Å². The first-order chi connectivity index (χ1) is 8.78. The molecule has 1 aromatic carbocycles. The van der Waals surface area contributed by atoms with Gasteiger partial charge in [-0.05, 0) is 18.4 Å². The lowest BCUT2D eigenvalue weighted by atomic mass is 9.89. The molecule has 1 heterocycles. The Morgan fingerprint density at radius 2 is 1.94 bits per heavy atom. The first-order valence-electron chi connectivity index (χ1n) is 6.04. The van der Waals surface area contributed by atoms with Crippen LogP contribution in [0.2, 0.25) is 0 Å². The third-order valence-corrected chi connectivity index (χ3v) is 3.40. The molecule has 0 aromatic heterocycles. The lowest BCUT2D eigenvalue weighted by molar-refractivity contribution is 0.182. The predicted molar refractivity (Wildman–Crippen MR) is 67.4 cm³/mol. The van der Waals surface area contributed by atoms with Crippen LogP contribution < -0.4 is 0 Å². The Balaban J connectivity index is 1.95. The van der Waals surface area contributed by atoms with Crippen LogP contribution >= 0.6 is 0 Å². The van der Waals surface area contributed by atoms with E-state index < -0.39 is 5.54 Å². The number of nitrogens with zero attached hydrogens (tertiary/aromatic N) is 3. The van der Waals surface area contributed by atoms with E-state index in [1.165, 1.54) is 11.6 Å². The first-order valence-corrected chi connectivity index (χ1v) is 6.04. The van der Waals surface area contributed by atoms with Gasteiger partial charge in [-0.2, -0.15) is 10.3 Å². The molecule has 92 valence electrons. The maximum atomic E-state index is 10.4. The zero-order chi connectivity index (χ0) is 12.8. The monoisotopic (exact) mass is 241 g/mol. The molecule has 4 nitrogen and oxygen atoms in total. The predicted octanol–water partition coefficient (Wildman–Crippen LogP) is 1.88. The van der Waals surface area contributed by atoms with Gasteiger partial charge in [0.25, 0.3) is 0 Å². The summed E-state index contributed by atoms with van der Waals surface area (Å²) in [5, 5.41) is 9.11. The maximum absolute atomic E-state index is 10.4. The van der Waals surface area contributed by atoms with E-state index in [4.69, 9.17) is 5.26 Å². The summed E-state index contributed by atoms with van der Waals surface area (Å²) >= 11 is 0. The van der Waals surface area contributed by atoms with E-state index in [-0.39, 0.29) is 0 Å². The molecule has 0 atom stereocenters. The summed E-state index contributed by atoms with van der Waals surface area (Å²) in [7, 11) is 0. The van der Waals surface area contributed by atoms with Gasteiger partial charge in [0.15, 0.2) is 5.54 Å². The van der Waals surface area contributed by atoms with Crippen molar-refractivity contribution in [2.45, 2.75) is 24.9 Å². The molecule has 0 unspecified atom stereocenters. The minimum Gasteiger partial charge on any atom is -0.299 e. The van der Waals surface area contributed by atoms with Gasteiger partial charge < -0.3 is 0 Å². The average molecular weight is 241 g/mol. The van der Waals surface area contributed by atoms with Gasteiger partial charge in [0.05, 0.1) is 6.07 Å². The highest BCUT2D eigenvalue weighted by molar-refractivity contribution is 5.37. The lowest BCUT2D eigenvalue weighted by Gasteiger charge is -2.33. The van der Waals surface area contributed by atoms with Crippen LogP contribution in [0.25, 0.3) is 0 Å². The molecule has 0 spiro atoms. The maximum Gasteiger partial charge on any atom is 0.236 e. The molecule has 0 amide bonds. The Morgan fingerprint density at radius 1 is 1.28 bits per heavy atom. The molecule has 1 saturated heterocycles. The Morgan fingerprint density at radius 3 is 2.50 bits per heavy atom. The topological polar surface area (TPSA) is 56.5 Å². The van der Waals surface area contributed by atoms with Crippen molar-refractivity contribution < 1.29 is 4.79 Å². The third kappa shape index (κ3) is 2.84. The van der Waals surface area contributed by atoms with Crippen LogP contribution in [0.4, 0.5) is 0 Å². The molecule has 2 rings (SSSR count). The number of hydrogen-bond donors (Lipinski definition) is 0. The number of nitriles is 1. The van der Waals surface area contributed by atoms with Crippen LogP contribution in [0.3, 0.4) is 0 Å². The smallest absolute Gasteiger partial charge is 0.236 e. The van der Waals surface area contributed by atoms with Gasteiger partial charge in [0.1, 0.15) is 0 Å². The van der Waals surface area contributed by atoms with Crippen LogP contribution in [-0.2, 0) is 11.3 Å². The number of hydrogen-bond acceptors (Lipinski definition) is 4. The molecule has 4 heteroatoms.